The number of hydrogen-bond acceptors (Lipinski definition) is 5. The van der Waals surface area contributed by atoms with Gasteiger partial charge in [0.2, 0.25) is 11.8 Å². The number of phenolic OH excluding ortho intramolecular Hbond substituents is 1. The number of aromatic hydroxyl groups is 1. The van der Waals surface area contributed by atoms with Gasteiger partial charge in [0.25, 0.3) is 0 Å². The Kier molecular flexibility index (Phi) is 4.38. The zero-order valence-corrected chi connectivity index (χ0v) is 17.4. The van der Waals surface area contributed by atoms with Crippen LogP contribution in [0, 0.1) is 18.3 Å². The summed E-state index contributed by atoms with van der Waals surface area (Å²) in [5, 5.41) is 15.2. The lowest BCUT2D eigenvalue weighted by Gasteiger charge is -2.18. The summed E-state index contributed by atoms with van der Waals surface area (Å²) in [4.78, 5) is 30.9. The molecule has 4 rings (SSSR count). The quantitative estimate of drug-likeness (QED) is 0.664. The lowest BCUT2D eigenvalue weighted by molar-refractivity contribution is -0.141. The fourth-order valence-corrected chi connectivity index (χ4v) is 3.97. The summed E-state index contributed by atoms with van der Waals surface area (Å²) in [7, 11) is 0. The molecule has 3 aromatic rings. The molecule has 0 radical (unpaired) electrons. The maximum Gasteiger partial charge on any atom is 0.235 e. The van der Waals surface area contributed by atoms with Crippen LogP contribution in [0.2, 0.25) is 5.02 Å². The molecule has 7 nitrogen and oxygen atoms in total. The van der Waals surface area contributed by atoms with Crippen molar-refractivity contribution in [2.45, 2.75) is 34.2 Å². The number of benzene rings is 1. The molecule has 150 valence electrons. The van der Waals surface area contributed by atoms with Gasteiger partial charge in [-0.1, -0.05) is 32.4 Å². The van der Waals surface area contributed by atoms with Crippen LogP contribution < -0.4 is 0 Å². The summed E-state index contributed by atoms with van der Waals surface area (Å²) in [6.45, 7) is 7.29. The van der Waals surface area contributed by atoms with Crippen LogP contribution in [0.15, 0.2) is 30.7 Å². The molecule has 1 aliphatic rings. The number of aromatic nitrogens is 3. The van der Waals surface area contributed by atoms with Crippen molar-refractivity contribution >= 4 is 28.9 Å². The molecule has 0 spiro atoms. The second kappa shape index (κ2) is 6.56. The fraction of sp³-hybridized carbons (Fsp3) is 0.333. The van der Waals surface area contributed by atoms with Gasteiger partial charge in [-0.15, -0.1) is 0 Å². The molecule has 0 saturated carbocycles. The number of aryl methyl sites for hydroxylation is 1. The SMILES string of the molecule is Cc1cc(Cl)cc(-c2ncnn3cc(CN4C(=O)C(C)C(C)(C)C4=O)cc23)c1O. The van der Waals surface area contributed by atoms with Crippen molar-refractivity contribution in [3.05, 3.63) is 46.9 Å². The second-order valence-corrected chi connectivity index (χ2v) is 8.52. The Morgan fingerprint density at radius 3 is 2.62 bits per heavy atom. The molecule has 0 bridgehead atoms. The van der Waals surface area contributed by atoms with Gasteiger partial charge >= 0.3 is 0 Å². The minimum Gasteiger partial charge on any atom is -0.507 e. The van der Waals surface area contributed by atoms with Gasteiger partial charge in [-0.05, 0) is 36.2 Å². The fourth-order valence-electron chi connectivity index (χ4n) is 3.70. The number of halogens is 1. The van der Waals surface area contributed by atoms with Crippen LogP contribution >= 0.6 is 11.6 Å². The van der Waals surface area contributed by atoms with Gasteiger partial charge < -0.3 is 5.11 Å². The van der Waals surface area contributed by atoms with Gasteiger partial charge in [-0.3, -0.25) is 14.5 Å². The number of fused-ring (bicyclic) bond motifs is 1. The van der Waals surface area contributed by atoms with Crippen LogP contribution in [0.1, 0.15) is 31.9 Å². The van der Waals surface area contributed by atoms with E-state index in [1.54, 1.807) is 50.5 Å². The van der Waals surface area contributed by atoms with Crippen LogP contribution in [-0.4, -0.2) is 36.4 Å². The first-order valence-electron chi connectivity index (χ1n) is 9.29. The highest BCUT2D eigenvalue weighted by Crippen LogP contribution is 2.39. The van der Waals surface area contributed by atoms with E-state index in [1.807, 2.05) is 6.07 Å². The lowest BCUT2D eigenvalue weighted by atomic mass is 9.82. The van der Waals surface area contributed by atoms with Crippen LogP contribution in [-0.2, 0) is 16.1 Å². The zero-order chi connectivity index (χ0) is 21.1. The first-order valence-corrected chi connectivity index (χ1v) is 9.66. The monoisotopic (exact) mass is 412 g/mol. The molecule has 1 aliphatic heterocycles. The molecule has 29 heavy (non-hydrogen) atoms. The van der Waals surface area contributed by atoms with E-state index in [1.165, 1.54) is 11.2 Å². The summed E-state index contributed by atoms with van der Waals surface area (Å²) < 4.78 is 1.62. The Bertz CT molecular complexity index is 1170. The predicted molar refractivity (Wildman–Crippen MR) is 108 cm³/mol. The van der Waals surface area contributed by atoms with Crippen molar-refractivity contribution in [1.29, 1.82) is 0 Å². The van der Waals surface area contributed by atoms with Crippen molar-refractivity contribution in [1.82, 2.24) is 19.5 Å². The maximum atomic E-state index is 12.7. The number of imide groups is 1. The van der Waals surface area contributed by atoms with E-state index in [-0.39, 0.29) is 30.0 Å². The van der Waals surface area contributed by atoms with Gasteiger partial charge in [-0.2, -0.15) is 5.10 Å². The summed E-state index contributed by atoms with van der Waals surface area (Å²) in [6.07, 6.45) is 3.14. The van der Waals surface area contributed by atoms with Gasteiger partial charge in [0.15, 0.2) is 0 Å². The number of likely N-dealkylation sites (tertiary alicyclic amines) is 1. The normalized spacial score (nSPS) is 18.8. The van der Waals surface area contributed by atoms with E-state index in [0.717, 1.165) is 5.56 Å². The Morgan fingerprint density at radius 2 is 1.97 bits per heavy atom. The van der Waals surface area contributed by atoms with Crippen LogP contribution in [0.4, 0.5) is 0 Å². The van der Waals surface area contributed by atoms with Crippen LogP contribution in [0.3, 0.4) is 0 Å². The molecule has 2 aromatic heterocycles. The highest BCUT2D eigenvalue weighted by atomic mass is 35.5. The largest absolute Gasteiger partial charge is 0.507 e. The number of carbonyl (C=O) groups is 2. The van der Waals surface area contributed by atoms with Crippen LogP contribution in [0.25, 0.3) is 16.8 Å². The highest BCUT2D eigenvalue weighted by Gasteiger charge is 2.50. The zero-order valence-electron chi connectivity index (χ0n) is 16.6. The predicted octanol–water partition coefficient (Wildman–Crippen LogP) is 3.59. The Labute approximate surface area is 172 Å². The molecule has 1 aromatic carbocycles. The average molecular weight is 413 g/mol. The van der Waals surface area contributed by atoms with Crippen molar-refractivity contribution in [2.24, 2.45) is 11.3 Å². The minimum atomic E-state index is -0.717. The molecule has 1 fully saturated rings. The number of hydrogen-bond donors (Lipinski definition) is 1. The molecule has 1 unspecified atom stereocenters. The van der Waals surface area contributed by atoms with Gasteiger partial charge in [0, 0.05) is 22.7 Å². The Morgan fingerprint density at radius 1 is 1.24 bits per heavy atom. The van der Waals surface area contributed by atoms with E-state index in [0.29, 0.717) is 27.4 Å². The molecule has 3 heterocycles. The van der Waals surface area contributed by atoms with Gasteiger partial charge in [0.05, 0.1) is 17.5 Å². The van der Waals surface area contributed by atoms with Crippen molar-refractivity contribution in [2.75, 3.05) is 0 Å². The van der Waals surface area contributed by atoms with Crippen molar-refractivity contribution in [3.8, 4) is 17.0 Å². The first-order chi connectivity index (χ1) is 13.6. The smallest absolute Gasteiger partial charge is 0.235 e. The van der Waals surface area contributed by atoms with E-state index in [4.69, 9.17) is 11.6 Å². The number of amides is 2. The summed E-state index contributed by atoms with van der Waals surface area (Å²) in [6, 6.07) is 5.15. The van der Waals surface area contributed by atoms with Gasteiger partial charge in [-0.25, -0.2) is 9.50 Å². The molecule has 0 aliphatic carbocycles. The summed E-state index contributed by atoms with van der Waals surface area (Å²) >= 11 is 6.17. The van der Waals surface area contributed by atoms with E-state index in [2.05, 4.69) is 10.1 Å². The molecule has 2 amide bonds. The number of phenols is 1. The highest BCUT2D eigenvalue weighted by molar-refractivity contribution is 6.31. The molecular formula is C21H21ClN4O3. The Balaban J connectivity index is 1.77. The summed E-state index contributed by atoms with van der Waals surface area (Å²) in [5.74, 6) is -0.628. The van der Waals surface area contributed by atoms with E-state index >= 15 is 0 Å². The third-order valence-corrected chi connectivity index (χ3v) is 6.06. The molecule has 1 N–H and O–H groups in total. The maximum absolute atomic E-state index is 12.7. The molecular weight excluding hydrogens is 392 g/mol. The third kappa shape index (κ3) is 2.97. The second-order valence-electron chi connectivity index (χ2n) is 8.08. The number of carbonyl (C=O) groups excluding carboxylic acids is 2. The van der Waals surface area contributed by atoms with Crippen molar-refractivity contribution < 1.29 is 14.7 Å². The standard InChI is InChI=1S/C21H21ClN4O3/c1-11-5-14(22)7-15(18(11)27)17-16-6-13(9-26(16)24-10-23-17)8-25-19(28)12(2)21(3,4)20(25)29/h5-7,9-10,12,27H,8H2,1-4H3. The summed E-state index contributed by atoms with van der Waals surface area (Å²) in [5.41, 5.74) is 2.32. The van der Waals surface area contributed by atoms with E-state index in [9.17, 15) is 14.7 Å². The van der Waals surface area contributed by atoms with Crippen LogP contribution in [0.5, 0.6) is 5.75 Å². The third-order valence-electron chi connectivity index (χ3n) is 5.84. The van der Waals surface area contributed by atoms with Gasteiger partial charge in [0.1, 0.15) is 17.8 Å². The minimum absolute atomic E-state index is 0.0956. The Hall–Kier alpha value is -2.93. The first kappa shape index (κ1) is 19.4. The molecule has 1 saturated heterocycles. The average Bonchev–Trinajstić information content (AvgIpc) is 3.14. The topological polar surface area (TPSA) is 87.8 Å². The number of rotatable bonds is 3. The molecule has 1 atom stereocenters. The van der Waals surface area contributed by atoms with E-state index < -0.39 is 5.41 Å². The number of nitrogens with zero attached hydrogens (tertiary/aromatic N) is 4. The van der Waals surface area contributed by atoms with Crippen molar-refractivity contribution in [3.63, 3.8) is 0 Å². The lowest BCUT2D eigenvalue weighted by Crippen LogP contribution is -2.32. The molecule has 8 heteroatoms.